The van der Waals surface area contributed by atoms with Gasteiger partial charge in [-0.1, -0.05) is 34.1 Å². The van der Waals surface area contributed by atoms with E-state index in [1.165, 1.54) is 5.56 Å². The van der Waals surface area contributed by atoms with E-state index >= 15 is 0 Å². The third kappa shape index (κ3) is 4.24. The van der Waals surface area contributed by atoms with E-state index in [1.54, 1.807) is 20.4 Å². The Balaban J connectivity index is 1.95. The first-order valence-corrected chi connectivity index (χ1v) is 7.66. The number of methoxy groups -OCH3 is 2. The predicted molar refractivity (Wildman–Crippen MR) is 92.9 cm³/mol. The lowest BCUT2D eigenvalue weighted by molar-refractivity contribution is 0.354. The Morgan fingerprint density at radius 2 is 1.86 bits per heavy atom. The Bertz CT molecular complexity index is 672. The summed E-state index contributed by atoms with van der Waals surface area (Å²) in [6, 6.07) is 11.9. The lowest BCUT2D eigenvalue weighted by Crippen LogP contribution is -2.06. The van der Waals surface area contributed by atoms with Crippen molar-refractivity contribution in [1.29, 1.82) is 0 Å². The monoisotopic (exact) mass is 362 g/mol. The van der Waals surface area contributed by atoms with Crippen molar-refractivity contribution >= 4 is 22.1 Å². The maximum absolute atomic E-state index is 5.28. The second kappa shape index (κ2) is 7.84. The molecule has 0 atom stereocenters. The maximum Gasteiger partial charge on any atom is 0.161 e. The minimum atomic E-state index is 0.615. The van der Waals surface area contributed by atoms with Crippen LogP contribution in [0, 0.1) is 6.92 Å². The van der Waals surface area contributed by atoms with Crippen molar-refractivity contribution in [2.45, 2.75) is 13.5 Å². The number of rotatable bonds is 6. The molecule has 0 unspecified atom stereocenters. The van der Waals surface area contributed by atoms with Crippen LogP contribution in [-0.4, -0.2) is 20.4 Å². The fourth-order valence-electron chi connectivity index (χ4n) is 1.94. The zero-order valence-electron chi connectivity index (χ0n) is 12.9. The van der Waals surface area contributed by atoms with Gasteiger partial charge in [-0.15, -0.1) is 0 Å². The van der Waals surface area contributed by atoms with Crippen molar-refractivity contribution in [1.82, 2.24) is 5.43 Å². The molecule has 0 heterocycles. The van der Waals surface area contributed by atoms with Gasteiger partial charge in [-0.2, -0.15) is 5.10 Å². The van der Waals surface area contributed by atoms with Crippen LogP contribution in [0.1, 0.15) is 16.7 Å². The molecular formula is C17H19BrN2O2. The molecule has 0 aliphatic heterocycles. The molecule has 2 aromatic rings. The van der Waals surface area contributed by atoms with E-state index in [2.05, 4.69) is 39.4 Å². The van der Waals surface area contributed by atoms with Gasteiger partial charge in [0, 0.05) is 4.47 Å². The van der Waals surface area contributed by atoms with Gasteiger partial charge < -0.3 is 14.9 Å². The normalized spacial score (nSPS) is 10.7. The smallest absolute Gasteiger partial charge is 0.161 e. The number of nitrogens with zero attached hydrogens (tertiary/aromatic N) is 1. The predicted octanol–water partition coefficient (Wildman–Crippen LogP) is 3.90. The largest absolute Gasteiger partial charge is 0.493 e. The quantitative estimate of drug-likeness (QED) is 0.625. The van der Waals surface area contributed by atoms with E-state index in [0.717, 1.165) is 21.3 Å². The Hall–Kier alpha value is -2.01. The van der Waals surface area contributed by atoms with Gasteiger partial charge in [0.25, 0.3) is 0 Å². The number of aryl methyl sites for hydroxylation is 1. The molecule has 0 bridgehead atoms. The highest BCUT2D eigenvalue weighted by Crippen LogP contribution is 2.27. The summed E-state index contributed by atoms with van der Waals surface area (Å²) in [7, 11) is 3.25. The van der Waals surface area contributed by atoms with Crippen molar-refractivity contribution in [3.8, 4) is 11.5 Å². The number of hydrogen-bond donors (Lipinski definition) is 1. The van der Waals surface area contributed by atoms with E-state index in [9.17, 15) is 0 Å². The number of hydrogen-bond acceptors (Lipinski definition) is 4. The number of ether oxygens (including phenoxy) is 2. The Labute approximate surface area is 139 Å². The first kappa shape index (κ1) is 16.4. The molecule has 4 nitrogen and oxygen atoms in total. The van der Waals surface area contributed by atoms with Gasteiger partial charge in [-0.3, -0.25) is 0 Å². The molecule has 2 rings (SSSR count). The Morgan fingerprint density at radius 3 is 2.55 bits per heavy atom. The Kier molecular flexibility index (Phi) is 5.83. The van der Waals surface area contributed by atoms with Crippen molar-refractivity contribution in [3.63, 3.8) is 0 Å². The van der Waals surface area contributed by atoms with Crippen LogP contribution < -0.4 is 14.9 Å². The first-order chi connectivity index (χ1) is 10.6. The summed E-state index contributed by atoms with van der Waals surface area (Å²) in [4.78, 5) is 0. The molecule has 0 amide bonds. The van der Waals surface area contributed by atoms with Crippen molar-refractivity contribution < 1.29 is 9.47 Å². The van der Waals surface area contributed by atoms with Gasteiger partial charge >= 0.3 is 0 Å². The van der Waals surface area contributed by atoms with Gasteiger partial charge in [0.15, 0.2) is 11.5 Å². The standard InChI is InChI=1S/C17H19BrN2O2/c1-12-4-5-13(8-15(12)18)10-19-20-11-14-6-7-16(21-2)17(9-14)22-3/h4-10,20H,11H2,1-3H3/b19-10-. The molecule has 22 heavy (non-hydrogen) atoms. The summed E-state index contributed by atoms with van der Waals surface area (Å²) in [5.41, 5.74) is 6.34. The molecule has 0 aliphatic carbocycles. The van der Waals surface area contributed by atoms with E-state index < -0.39 is 0 Å². The summed E-state index contributed by atoms with van der Waals surface area (Å²) < 4.78 is 11.6. The lowest BCUT2D eigenvalue weighted by Gasteiger charge is -2.09. The van der Waals surface area contributed by atoms with E-state index in [4.69, 9.17) is 9.47 Å². The van der Waals surface area contributed by atoms with Crippen LogP contribution in [0.25, 0.3) is 0 Å². The second-order valence-corrected chi connectivity index (χ2v) is 5.65. The van der Waals surface area contributed by atoms with Gasteiger partial charge in [-0.25, -0.2) is 0 Å². The van der Waals surface area contributed by atoms with E-state index in [0.29, 0.717) is 12.3 Å². The fourth-order valence-corrected chi connectivity index (χ4v) is 2.33. The van der Waals surface area contributed by atoms with Crippen LogP contribution in [-0.2, 0) is 6.54 Å². The zero-order chi connectivity index (χ0) is 15.9. The van der Waals surface area contributed by atoms with E-state index in [-0.39, 0.29) is 0 Å². The summed E-state index contributed by atoms with van der Waals surface area (Å²) in [6.45, 7) is 2.67. The number of benzene rings is 2. The van der Waals surface area contributed by atoms with Crippen molar-refractivity contribution in [3.05, 3.63) is 57.6 Å². The topological polar surface area (TPSA) is 42.8 Å². The lowest BCUT2D eigenvalue weighted by atomic mass is 10.2. The Morgan fingerprint density at radius 1 is 1.09 bits per heavy atom. The summed E-state index contributed by atoms with van der Waals surface area (Å²) >= 11 is 3.51. The summed E-state index contributed by atoms with van der Waals surface area (Å²) in [5, 5.41) is 4.24. The third-order valence-corrected chi connectivity index (χ3v) is 4.09. The maximum atomic E-state index is 5.28. The third-order valence-electron chi connectivity index (χ3n) is 3.23. The SMILES string of the molecule is COc1ccc(CN/N=C\c2ccc(C)c(Br)c2)cc1OC. The molecule has 116 valence electrons. The highest BCUT2D eigenvalue weighted by molar-refractivity contribution is 9.10. The molecule has 5 heteroatoms. The van der Waals surface area contributed by atoms with Gasteiger partial charge in [-0.05, 0) is 41.8 Å². The van der Waals surface area contributed by atoms with Crippen molar-refractivity contribution in [2.24, 2.45) is 5.10 Å². The molecule has 0 fully saturated rings. The minimum Gasteiger partial charge on any atom is -0.493 e. The second-order valence-electron chi connectivity index (χ2n) is 4.79. The van der Waals surface area contributed by atoms with Gasteiger partial charge in [0.05, 0.1) is 27.0 Å². The molecule has 2 aromatic carbocycles. The highest BCUT2D eigenvalue weighted by Gasteiger charge is 2.03. The molecule has 0 saturated carbocycles. The molecule has 0 radical (unpaired) electrons. The molecule has 0 saturated heterocycles. The number of hydrazone groups is 1. The molecule has 1 N–H and O–H groups in total. The van der Waals surface area contributed by atoms with Gasteiger partial charge in [0.2, 0.25) is 0 Å². The average Bonchev–Trinajstić information content (AvgIpc) is 2.54. The molecule has 0 aliphatic rings. The van der Waals surface area contributed by atoms with Crippen LogP contribution >= 0.6 is 15.9 Å². The number of nitrogens with one attached hydrogen (secondary N) is 1. The van der Waals surface area contributed by atoms with Crippen LogP contribution in [0.15, 0.2) is 46.0 Å². The molecule has 0 aromatic heterocycles. The van der Waals surface area contributed by atoms with E-state index in [1.807, 2.05) is 30.3 Å². The van der Waals surface area contributed by atoms with Crippen LogP contribution in [0.2, 0.25) is 0 Å². The molecule has 0 spiro atoms. The summed E-state index contributed by atoms with van der Waals surface area (Å²) in [5.74, 6) is 1.44. The highest BCUT2D eigenvalue weighted by atomic mass is 79.9. The van der Waals surface area contributed by atoms with Gasteiger partial charge in [0.1, 0.15) is 0 Å². The minimum absolute atomic E-state index is 0.615. The average molecular weight is 363 g/mol. The van der Waals surface area contributed by atoms with Crippen LogP contribution in [0.3, 0.4) is 0 Å². The van der Waals surface area contributed by atoms with Crippen LogP contribution in [0.5, 0.6) is 11.5 Å². The van der Waals surface area contributed by atoms with Crippen LogP contribution in [0.4, 0.5) is 0 Å². The molecular weight excluding hydrogens is 344 g/mol. The summed E-state index contributed by atoms with van der Waals surface area (Å²) in [6.07, 6.45) is 1.80. The zero-order valence-corrected chi connectivity index (χ0v) is 14.5. The van der Waals surface area contributed by atoms with Crippen molar-refractivity contribution in [2.75, 3.05) is 14.2 Å². The number of halogens is 1. The first-order valence-electron chi connectivity index (χ1n) is 6.87. The fraction of sp³-hybridized carbons (Fsp3) is 0.235.